The molecule has 0 spiro atoms. The molecule has 120 valence electrons. The van der Waals surface area contributed by atoms with Gasteiger partial charge >= 0.3 is 5.97 Å². The number of esters is 1. The summed E-state index contributed by atoms with van der Waals surface area (Å²) < 4.78 is 45.3. The highest BCUT2D eigenvalue weighted by molar-refractivity contribution is 7.18. The lowest BCUT2D eigenvalue weighted by atomic mass is 10.1. The molecule has 0 radical (unpaired) electrons. The topological polar surface area (TPSA) is 39.2 Å². The average Bonchev–Trinajstić information content (AvgIpc) is 3.13. The highest BCUT2D eigenvalue weighted by Crippen LogP contribution is 2.31. The molecule has 0 saturated carbocycles. The highest BCUT2D eigenvalue weighted by atomic mass is 32.1. The predicted octanol–water partition coefficient (Wildman–Crippen LogP) is 4.08. The molecule has 3 nitrogen and oxygen atoms in total. The first-order chi connectivity index (χ1) is 11.0. The van der Waals surface area contributed by atoms with Crippen LogP contribution in [0.2, 0.25) is 0 Å². The Morgan fingerprint density at radius 1 is 1.30 bits per heavy atom. The number of nitrogens with zero attached hydrogens (tertiary/aromatic N) is 1. The zero-order chi connectivity index (χ0) is 16.6. The van der Waals surface area contributed by atoms with Gasteiger partial charge in [-0.2, -0.15) is 0 Å². The van der Waals surface area contributed by atoms with Crippen molar-refractivity contribution in [1.82, 2.24) is 4.98 Å². The second-order valence-electron chi connectivity index (χ2n) is 4.74. The van der Waals surface area contributed by atoms with Crippen molar-refractivity contribution in [3.05, 3.63) is 50.4 Å². The summed E-state index contributed by atoms with van der Waals surface area (Å²) in [6.45, 7) is 0. The number of carbonyl (C=O) groups is 1. The van der Waals surface area contributed by atoms with E-state index in [0.29, 0.717) is 17.5 Å². The summed E-state index contributed by atoms with van der Waals surface area (Å²) in [6, 6.07) is 2.32. The second kappa shape index (κ2) is 6.29. The number of methoxy groups -OCH3 is 1. The van der Waals surface area contributed by atoms with E-state index in [2.05, 4.69) is 9.72 Å². The molecule has 3 rings (SSSR count). The van der Waals surface area contributed by atoms with E-state index in [1.807, 2.05) is 5.38 Å². The van der Waals surface area contributed by atoms with Crippen molar-refractivity contribution < 1.29 is 22.7 Å². The predicted molar refractivity (Wildman–Crippen MR) is 82.3 cm³/mol. The van der Waals surface area contributed by atoms with Crippen LogP contribution in [-0.4, -0.2) is 18.1 Å². The van der Waals surface area contributed by atoms with Gasteiger partial charge in [0.15, 0.2) is 11.6 Å². The number of hydrogen-bond acceptors (Lipinski definition) is 5. The number of fused-ring (bicyclic) bond motifs is 1. The van der Waals surface area contributed by atoms with Crippen molar-refractivity contribution in [1.29, 1.82) is 0 Å². The lowest BCUT2D eigenvalue weighted by molar-refractivity contribution is -0.139. The fourth-order valence-corrected chi connectivity index (χ4v) is 4.13. The van der Waals surface area contributed by atoms with Crippen LogP contribution in [-0.2, 0) is 22.4 Å². The summed E-state index contributed by atoms with van der Waals surface area (Å²) in [4.78, 5) is 16.2. The normalized spacial score (nSPS) is 11.1. The van der Waals surface area contributed by atoms with Crippen molar-refractivity contribution in [3.8, 4) is 0 Å². The van der Waals surface area contributed by atoms with Crippen LogP contribution < -0.4 is 0 Å². The van der Waals surface area contributed by atoms with E-state index in [1.165, 1.54) is 18.4 Å². The van der Waals surface area contributed by atoms with E-state index in [0.717, 1.165) is 21.8 Å². The smallest absolute Gasteiger partial charge is 0.310 e. The first-order valence-electron chi connectivity index (χ1n) is 6.54. The van der Waals surface area contributed by atoms with Crippen molar-refractivity contribution >= 4 is 38.9 Å². The molecule has 0 bridgehead atoms. The Balaban J connectivity index is 1.94. The van der Waals surface area contributed by atoms with Crippen LogP contribution in [0.5, 0.6) is 0 Å². The van der Waals surface area contributed by atoms with Crippen LogP contribution in [0, 0.1) is 17.5 Å². The zero-order valence-electron chi connectivity index (χ0n) is 11.9. The van der Waals surface area contributed by atoms with Crippen molar-refractivity contribution in [3.63, 3.8) is 0 Å². The first kappa shape index (κ1) is 15.9. The quantitative estimate of drug-likeness (QED) is 0.522. The third kappa shape index (κ3) is 3.09. The van der Waals surface area contributed by atoms with Crippen LogP contribution in [0.3, 0.4) is 0 Å². The maximum atomic E-state index is 13.7. The third-order valence-electron chi connectivity index (χ3n) is 3.27. The molecule has 0 fully saturated rings. The van der Waals surface area contributed by atoms with Crippen molar-refractivity contribution in [2.45, 2.75) is 12.8 Å². The molecule has 23 heavy (non-hydrogen) atoms. The zero-order valence-corrected chi connectivity index (χ0v) is 13.5. The average molecular weight is 357 g/mol. The number of carbonyl (C=O) groups excluding carboxylic acids is 1. The Morgan fingerprint density at radius 2 is 2.09 bits per heavy atom. The molecule has 0 amide bonds. The largest absolute Gasteiger partial charge is 0.469 e. The molecule has 0 saturated heterocycles. The van der Waals surface area contributed by atoms with Gasteiger partial charge in [0.2, 0.25) is 0 Å². The Bertz CT molecular complexity index is 888. The number of thiophene rings is 1. The lowest BCUT2D eigenvalue weighted by Crippen LogP contribution is -2.05. The number of aromatic nitrogens is 1. The van der Waals surface area contributed by atoms with E-state index in [9.17, 15) is 18.0 Å². The van der Waals surface area contributed by atoms with Crippen LogP contribution in [0.4, 0.5) is 13.2 Å². The molecule has 0 aliphatic heterocycles. The number of thiazole rings is 1. The van der Waals surface area contributed by atoms with E-state index < -0.39 is 17.5 Å². The van der Waals surface area contributed by atoms with Crippen LogP contribution in [0.1, 0.15) is 15.4 Å². The minimum absolute atomic E-state index is 0.00928. The Kier molecular flexibility index (Phi) is 4.36. The van der Waals surface area contributed by atoms with E-state index in [-0.39, 0.29) is 22.6 Å². The van der Waals surface area contributed by atoms with Gasteiger partial charge in [0, 0.05) is 17.4 Å². The maximum absolute atomic E-state index is 13.7. The number of hydrogen-bond donors (Lipinski definition) is 0. The Labute approximate surface area is 137 Å². The third-order valence-corrected chi connectivity index (χ3v) is 5.30. The Hall–Kier alpha value is -1.93. The first-order valence-corrected chi connectivity index (χ1v) is 8.24. The van der Waals surface area contributed by atoms with Gasteiger partial charge < -0.3 is 4.74 Å². The summed E-state index contributed by atoms with van der Waals surface area (Å²) in [7, 11) is 1.31. The summed E-state index contributed by atoms with van der Waals surface area (Å²) in [6.07, 6.45) is 0.446. The van der Waals surface area contributed by atoms with Crippen LogP contribution >= 0.6 is 22.7 Å². The van der Waals surface area contributed by atoms with Gasteiger partial charge in [-0.3, -0.25) is 4.79 Å². The number of halogens is 3. The molecule has 0 unspecified atom stereocenters. The van der Waals surface area contributed by atoms with E-state index in [1.54, 1.807) is 6.07 Å². The number of rotatable bonds is 4. The van der Waals surface area contributed by atoms with Gasteiger partial charge in [0.1, 0.15) is 11.3 Å². The van der Waals surface area contributed by atoms with Crippen molar-refractivity contribution in [2.24, 2.45) is 0 Å². The summed E-state index contributed by atoms with van der Waals surface area (Å²) >= 11 is 2.39. The molecule has 0 atom stereocenters. The molecule has 0 aliphatic rings. The molecule has 3 aromatic rings. The van der Waals surface area contributed by atoms with Crippen molar-refractivity contribution in [2.75, 3.05) is 7.11 Å². The van der Waals surface area contributed by atoms with Gasteiger partial charge in [0.05, 0.1) is 23.2 Å². The van der Waals surface area contributed by atoms with Crippen LogP contribution in [0.15, 0.2) is 17.5 Å². The fourth-order valence-electron chi connectivity index (χ4n) is 2.15. The molecule has 1 aromatic carbocycles. The van der Waals surface area contributed by atoms with Gasteiger partial charge in [-0.15, -0.1) is 22.7 Å². The highest BCUT2D eigenvalue weighted by Gasteiger charge is 2.18. The van der Waals surface area contributed by atoms with Gasteiger partial charge in [-0.25, -0.2) is 18.2 Å². The minimum atomic E-state index is -1.26. The SMILES string of the molecule is COC(=O)Cc1ccsc1Cc1nc2c(F)c(F)cc(F)c2s1. The molecule has 0 N–H and O–H groups in total. The van der Waals surface area contributed by atoms with Gasteiger partial charge in [-0.05, 0) is 17.0 Å². The second-order valence-corrected chi connectivity index (χ2v) is 6.82. The standard InChI is InChI=1S/C15H10F3NO2S2/c1-21-12(20)4-7-2-3-22-10(7)6-11-19-14-13(18)8(16)5-9(17)15(14)23-11/h2-3,5H,4,6H2,1H3. The lowest BCUT2D eigenvalue weighted by Gasteiger charge is -2.01. The molecule has 2 heterocycles. The summed E-state index contributed by atoms with van der Waals surface area (Å²) in [5, 5.41) is 2.28. The molecule has 2 aromatic heterocycles. The summed E-state index contributed by atoms with van der Waals surface area (Å²) in [5.74, 6) is -3.60. The van der Waals surface area contributed by atoms with E-state index in [4.69, 9.17) is 0 Å². The molecule has 8 heteroatoms. The fraction of sp³-hybridized carbons (Fsp3) is 0.200. The molecular formula is C15H10F3NO2S2. The van der Waals surface area contributed by atoms with Gasteiger partial charge in [-0.1, -0.05) is 0 Å². The summed E-state index contributed by atoms with van der Waals surface area (Å²) in [5.41, 5.74) is 0.488. The monoisotopic (exact) mass is 357 g/mol. The minimum Gasteiger partial charge on any atom is -0.469 e. The molecular weight excluding hydrogens is 347 g/mol. The van der Waals surface area contributed by atoms with Gasteiger partial charge in [0.25, 0.3) is 0 Å². The van der Waals surface area contributed by atoms with E-state index >= 15 is 0 Å². The number of benzene rings is 1. The maximum Gasteiger partial charge on any atom is 0.310 e. The Morgan fingerprint density at radius 3 is 2.83 bits per heavy atom. The molecule has 0 aliphatic carbocycles. The number of ether oxygens (including phenoxy) is 1. The van der Waals surface area contributed by atoms with Crippen LogP contribution in [0.25, 0.3) is 10.2 Å².